The maximum absolute atomic E-state index is 5.88. The number of fused-ring (bicyclic) bond motifs is 6. The smallest absolute Gasteiger partial charge is 0.372 e. The zero-order valence-corrected chi connectivity index (χ0v) is 11.1. The van der Waals surface area contributed by atoms with Gasteiger partial charge in [-0.25, -0.2) is 0 Å². The third-order valence-corrected chi connectivity index (χ3v) is 7.24. The van der Waals surface area contributed by atoms with Gasteiger partial charge in [0.1, 0.15) is 0 Å². The first-order valence-electron chi connectivity index (χ1n) is 5.57. The number of nitrogens with zero attached hydrogens (tertiary/aromatic N) is 1. The van der Waals surface area contributed by atoms with Crippen LogP contribution in [-0.2, 0) is 13.3 Å². The van der Waals surface area contributed by atoms with Gasteiger partial charge in [0.2, 0.25) is 0 Å². The van der Waals surface area contributed by atoms with Crippen molar-refractivity contribution in [1.82, 2.24) is 4.90 Å². The van der Waals surface area contributed by atoms with E-state index in [1.54, 1.807) is 0 Å². The molecule has 0 spiro atoms. The fourth-order valence-corrected chi connectivity index (χ4v) is 6.08. The summed E-state index contributed by atoms with van der Waals surface area (Å²) < 4.78 is 17.6. The zero-order valence-electron chi connectivity index (χ0n) is 9.24. The van der Waals surface area contributed by atoms with Crippen LogP contribution < -0.4 is 0 Å². The van der Waals surface area contributed by atoms with E-state index in [1.807, 2.05) is 11.8 Å². The molecule has 0 unspecified atom stereocenters. The van der Waals surface area contributed by atoms with Crippen LogP contribution in [0.2, 0.25) is 0 Å². The molecule has 3 heterocycles. The van der Waals surface area contributed by atoms with E-state index < -0.39 is 8.80 Å². The van der Waals surface area contributed by atoms with Gasteiger partial charge in [0.05, 0.1) is 25.2 Å². The third kappa shape index (κ3) is 3.18. The molecule has 15 heavy (non-hydrogen) atoms. The molecular formula is C9H19NO3SSi. The van der Waals surface area contributed by atoms with Crippen LogP contribution in [-0.4, -0.2) is 64.3 Å². The molecule has 0 aliphatic carbocycles. The quantitative estimate of drug-likeness (QED) is 0.684. The van der Waals surface area contributed by atoms with Gasteiger partial charge >= 0.3 is 8.80 Å². The summed E-state index contributed by atoms with van der Waals surface area (Å²) in [5, 5.41) is 0.906. The van der Waals surface area contributed by atoms with Crippen molar-refractivity contribution in [2.45, 2.75) is 6.92 Å². The van der Waals surface area contributed by atoms with E-state index in [9.17, 15) is 0 Å². The Balaban J connectivity index is 1.98. The van der Waals surface area contributed by atoms with Crippen LogP contribution in [0.4, 0.5) is 0 Å². The molecule has 0 radical (unpaired) electrons. The monoisotopic (exact) mass is 249 g/mol. The molecule has 0 aromatic heterocycles. The molecule has 0 N–H and O–H groups in total. The Kier molecular flexibility index (Phi) is 4.48. The van der Waals surface area contributed by atoms with Gasteiger partial charge in [0.15, 0.2) is 0 Å². The lowest BCUT2D eigenvalue weighted by molar-refractivity contribution is -0.00443. The minimum absolute atomic E-state index is 0.760. The predicted molar refractivity (Wildman–Crippen MR) is 63.0 cm³/mol. The van der Waals surface area contributed by atoms with Crippen LogP contribution in [0.5, 0.6) is 0 Å². The van der Waals surface area contributed by atoms with E-state index in [2.05, 4.69) is 11.8 Å². The van der Waals surface area contributed by atoms with Gasteiger partial charge in [0.25, 0.3) is 0 Å². The summed E-state index contributed by atoms with van der Waals surface area (Å²) in [5.74, 6) is 1.09. The Bertz CT molecular complexity index is 175. The Morgan fingerprint density at radius 1 is 1.07 bits per heavy atom. The summed E-state index contributed by atoms with van der Waals surface area (Å²) in [6.45, 7) is 7.52. The highest BCUT2D eigenvalue weighted by Gasteiger charge is 2.43. The van der Waals surface area contributed by atoms with Gasteiger partial charge in [-0.1, -0.05) is 6.92 Å². The van der Waals surface area contributed by atoms with Crippen molar-refractivity contribution in [2.75, 3.05) is 50.6 Å². The first-order chi connectivity index (χ1) is 7.35. The molecule has 2 bridgehead atoms. The molecule has 3 fully saturated rings. The Hall–Kier alpha value is 0.407. The molecule has 0 saturated carbocycles. The highest BCUT2D eigenvalue weighted by molar-refractivity contribution is 8.00. The van der Waals surface area contributed by atoms with E-state index in [-0.39, 0.29) is 0 Å². The fraction of sp³-hybridized carbons (Fsp3) is 1.00. The van der Waals surface area contributed by atoms with E-state index in [0.717, 1.165) is 50.6 Å². The largest absolute Gasteiger partial charge is 0.511 e. The maximum Gasteiger partial charge on any atom is 0.511 e. The molecule has 0 aromatic rings. The minimum Gasteiger partial charge on any atom is -0.372 e. The van der Waals surface area contributed by atoms with Gasteiger partial charge in [-0.15, -0.1) is 0 Å². The normalized spacial score (nSPS) is 37.0. The van der Waals surface area contributed by atoms with Gasteiger partial charge in [-0.2, -0.15) is 11.8 Å². The second kappa shape index (κ2) is 5.65. The van der Waals surface area contributed by atoms with Crippen LogP contribution in [0.15, 0.2) is 0 Å². The molecule has 0 aromatic carbocycles. The maximum atomic E-state index is 5.88. The average molecular weight is 249 g/mol. The Morgan fingerprint density at radius 2 is 1.60 bits per heavy atom. The van der Waals surface area contributed by atoms with Crippen LogP contribution in [0.1, 0.15) is 6.92 Å². The summed E-state index contributed by atoms with van der Waals surface area (Å²) in [6, 6.07) is 0. The van der Waals surface area contributed by atoms with Crippen molar-refractivity contribution in [3.63, 3.8) is 0 Å². The summed E-state index contributed by atoms with van der Waals surface area (Å²) >= 11 is 1.86. The van der Waals surface area contributed by atoms with Gasteiger partial charge < -0.3 is 13.3 Å². The average Bonchev–Trinajstić information content (AvgIpc) is 2.14. The summed E-state index contributed by atoms with van der Waals surface area (Å²) in [6.07, 6.45) is 0. The number of hydrogen-bond acceptors (Lipinski definition) is 5. The van der Waals surface area contributed by atoms with Crippen LogP contribution in [0, 0.1) is 0 Å². The van der Waals surface area contributed by atoms with Crippen LogP contribution in [0.3, 0.4) is 0 Å². The van der Waals surface area contributed by atoms with Crippen molar-refractivity contribution in [3.8, 4) is 0 Å². The van der Waals surface area contributed by atoms with Crippen LogP contribution >= 0.6 is 11.8 Å². The Labute approximate surface area is 96.6 Å². The molecule has 3 saturated heterocycles. The molecule has 0 atom stereocenters. The highest BCUT2D eigenvalue weighted by atomic mass is 32.2. The van der Waals surface area contributed by atoms with Crippen molar-refractivity contribution in [3.05, 3.63) is 0 Å². The second-order valence-corrected chi connectivity index (χ2v) is 8.08. The van der Waals surface area contributed by atoms with Crippen molar-refractivity contribution in [2.24, 2.45) is 0 Å². The molecule has 0 amide bonds. The standard InChI is InChI=1S/C9H19NO3SSi/c1-2-14-9-15-11-6-3-10(4-7-12-15)5-8-13-15/h2-9H2,1H3. The van der Waals surface area contributed by atoms with E-state index in [0.29, 0.717) is 0 Å². The van der Waals surface area contributed by atoms with E-state index in [1.165, 1.54) is 0 Å². The lowest BCUT2D eigenvalue weighted by atomic mass is 10.4. The summed E-state index contributed by atoms with van der Waals surface area (Å²) in [5.41, 5.74) is 0. The zero-order chi connectivity index (χ0) is 10.6. The van der Waals surface area contributed by atoms with Gasteiger partial charge in [0, 0.05) is 19.6 Å². The summed E-state index contributed by atoms with van der Waals surface area (Å²) in [7, 11) is -2.31. The second-order valence-electron chi connectivity index (χ2n) is 3.71. The first-order valence-corrected chi connectivity index (χ1v) is 8.65. The predicted octanol–water partition coefficient (Wildman–Crippen LogP) is 0.597. The molecular weight excluding hydrogens is 230 g/mol. The highest BCUT2D eigenvalue weighted by Crippen LogP contribution is 2.20. The summed E-state index contributed by atoms with van der Waals surface area (Å²) in [4.78, 5) is 2.34. The lowest BCUT2D eigenvalue weighted by Crippen LogP contribution is -2.57. The van der Waals surface area contributed by atoms with Gasteiger partial charge in [-0.3, -0.25) is 4.90 Å². The molecule has 3 aliphatic rings. The van der Waals surface area contributed by atoms with Gasteiger partial charge in [-0.05, 0) is 5.75 Å². The van der Waals surface area contributed by atoms with E-state index >= 15 is 0 Å². The van der Waals surface area contributed by atoms with Crippen LogP contribution in [0.25, 0.3) is 0 Å². The van der Waals surface area contributed by atoms with Crippen molar-refractivity contribution >= 4 is 20.6 Å². The van der Waals surface area contributed by atoms with Crippen molar-refractivity contribution in [1.29, 1.82) is 0 Å². The number of rotatable bonds is 3. The first kappa shape index (κ1) is 11.9. The molecule has 6 heteroatoms. The van der Waals surface area contributed by atoms with E-state index in [4.69, 9.17) is 13.3 Å². The Morgan fingerprint density at radius 3 is 2.07 bits per heavy atom. The number of thioether (sulfide) groups is 1. The fourth-order valence-electron chi connectivity index (χ4n) is 1.80. The molecule has 3 aliphatic heterocycles. The lowest BCUT2D eigenvalue weighted by Gasteiger charge is -2.37. The molecule has 4 nitrogen and oxygen atoms in total. The molecule has 3 rings (SSSR count). The minimum atomic E-state index is -2.31. The van der Waals surface area contributed by atoms with Crippen molar-refractivity contribution < 1.29 is 13.3 Å². The third-order valence-electron chi connectivity index (χ3n) is 2.67. The SMILES string of the molecule is CCSC[Si]12OCCN(CCO1)CCO2. The topological polar surface area (TPSA) is 30.9 Å². The molecule has 88 valence electrons. The number of hydrogen-bond donors (Lipinski definition) is 0.